The standard InChI is InChI=1S/C13H28N2O2S/c1-4-14-8-5-6-10-18(16,17)15-9-7-13(11-15)12(2)3/h12-14H,4-11H2,1-3H3. The van der Waals surface area contributed by atoms with Crippen molar-refractivity contribution in [2.24, 2.45) is 11.8 Å². The number of hydrogen-bond acceptors (Lipinski definition) is 3. The average molecular weight is 276 g/mol. The Morgan fingerprint density at radius 1 is 1.33 bits per heavy atom. The Kier molecular flexibility index (Phi) is 6.60. The highest BCUT2D eigenvalue weighted by Gasteiger charge is 2.31. The van der Waals surface area contributed by atoms with Gasteiger partial charge in [0.15, 0.2) is 0 Å². The molecule has 1 atom stereocenters. The van der Waals surface area contributed by atoms with Gasteiger partial charge >= 0.3 is 0 Å². The molecule has 0 amide bonds. The first-order valence-corrected chi connectivity index (χ1v) is 8.76. The Hall–Kier alpha value is -0.130. The molecule has 1 unspecified atom stereocenters. The Morgan fingerprint density at radius 3 is 2.61 bits per heavy atom. The van der Waals surface area contributed by atoms with Gasteiger partial charge in [0.05, 0.1) is 5.75 Å². The Labute approximate surface area is 112 Å². The lowest BCUT2D eigenvalue weighted by molar-refractivity contribution is 0.388. The number of hydrogen-bond donors (Lipinski definition) is 1. The predicted molar refractivity (Wildman–Crippen MR) is 76.1 cm³/mol. The SMILES string of the molecule is CCNCCCCS(=O)(=O)N1CCC(C(C)C)C1. The van der Waals surface area contributed by atoms with E-state index in [0.717, 1.165) is 45.4 Å². The van der Waals surface area contributed by atoms with Crippen LogP contribution in [-0.2, 0) is 10.0 Å². The molecule has 0 aromatic carbocycles. The van der Waals surface area contributed by atoms with Crippen LogP contribution in [0.2, 0.25) is 0 Å². The van der Waals surface area contributed by atoms with Crippen LogP contribution in [0.5, 0.6) is 0 Å². The van der Waals surface area contributed by atoms with Gasteiger partial charge in [-0.15, -0.1) is 0 Å². The van der Waals surface area contributed by atoms with Gasteiger partial charge in [-0.2, -0.15) is 0 Å². The van der Waals surface area contributed by atoms with Gasteiger partial charge in [-0.05, 0) is 44.2 Å². The molecule has 0 radical (unpaired) electrons. The predicted octanol–water partition coefficient (Wildman–Crippen LogP) is 1.68. The molecule has 0 aromatic heterocycles. The van der Waals surface area contributed by atoms with Crippen molar-refractivity contribution < 1.29 is 8.42 Å². The fourth-order valence-corrected chi connectivity index (χ4v) is 4.02. The molecule has 1 fully saturated rings. The van der Waals surface area contributed by atoms with Crippen molar-refractivity contribution in [2.75, 3.05) is 31.9 Å². The first-order chi connectivity index (χ1) is 8.47. The summed E-state index contributed by atoms with van der Waals surface area (Å²) in [5.74, 6) is 1.43. The highest BCUT2D eigenvalue weighted by molar-refractivity contribution is 7.89. The molecule has 0 aromatic rings. The van der Waals surface area contributed by atoms with Crippen molar-refractivity contribution in [1.82, 2.24) is 9.62 Å². The summed E-state index contributed by atoms with van der Waals surface area (Å²) < 4.78 is 26.0. The van der Waals surface area contributed by atoms with E-state index in [1.165, 1.54) is 0 Å². The number of sulfonamides is 1. The lowest BCUT2D eigenvalue weighted by Gasteiger charge is -2.18. The molecule has 0 saturated carbocycles. The average Bonchev–Trinajstić information content (AvgIpc) is 2.78. The zero-order chi connectivity index (χ0) is 13.6. The summed E-state index contributed by atoms with van der Waals surface area (Å²) in [5, 5.41) is 3.22. The molecule has 1 rings (SSSR count). The van der Waals surface area contributed by atoms with Crippen molar-refractivity contribution in [3.8, 4) is 0 Å². The van der Waals surface area contributed by atoms with Gasteiger partial charge < -0.3 is 5.32 Å². The summed E-state index contributed by atoms with van der Waals surface area (Å²) in [5.41, 5.74) is 0. The second-order valence-corrected chi connectivity index (χ2v) is 7.62. The van der Waals surface area contributed by atoms with Gasteiger partial charge in [0, 0.05) is 13.1 Å². The summed E-state index contributed by atoms with van der Waals surface area (Å²) in [6.45, 7) is 9.74. The largest absolute Gasteiger partial charge is 0.317 e. The van der Waals surface area contributed by atoms with E-state index in [9.17, 15) is 8.42 Å². The summed E-state index contributed by atoms with van der Waals surface area (Å²) in [6, 6.07) is 0. The normalized spacial score (nSPS) is 21.9. The van der Waals surface area contributed by atoms with Crippen LogP contribution in [0.15, 0.2) is 0 Å². The van der Waals surface area contributed by atoms with E-state index in [2.05, 4.69) is 26.1 Å². The third kappa shape index (κ3) is 4.86. The molecule has 4 nitrogen and oxygen atoms in total. The monoisotopic (exact) mass is 276 g/mol. The molecule has 0 bridgehead atoms. The molecular weight excluding hydrogens is 248 g/mol. The third-order valence-corrected chi connectivity index (χ3v) is 5.70. The highest BCUT2D eigenvalue weighted by Crippen LogP contribution is 2.25. The van der Waals surface area contributed by atoms with E-state index < -0.39 is 10.0 Å². The highest BCUT2D eigenvalue weighted by atomic mass is 32.2. The van der Waals surface area contributed by atoms with Gasteiger partial charge in [0.1, 0.15) is 0 Å². The van der Waals surface area contributed by atoms with Crippen LogP contribution in [0.3, 0.4) is 0 Å². The smallest absolute Gasteiger partial charge is 0.214 e. The number of rotatable bonds is 8. The van der Waals surface area contributed by atoms with E-state index in [4.69, 9.17) is 0 Å². The minimum atomic E-state index is -3.01. The summed E-state index contributed by atoms with van der Waals surface area (Å²) >= 11 is 0. The second kappa shape index (κ2) is 7.46. The first-order valence-electron chi connectivity index (χ1n) is 7.16. The van der Waals surface area contributed by atoms with Gasteiger partial charge in [-0.1, -0.05) is 20.8 Å². The lowest BCUT2D eigenvalue weighted by Crippen LogP contribution is -2.31. The molecule has 1 aliphatic heterocycles. The van der Waals surface area contributed by atoms with Crippen molar-refractivity contribution in [1.29, 1.82) is 0 Å². The van der Waals surface area contributed by atoms with E-state index in [-0.39, 0.29) is 0 Å². The molecule has 1 aliphatic rings. The lowest BCUT2D eigenvalue weighted by atomic mass is 9.96. The fourth-order valence-electron chi connectivity index (χ4n) is 2.39. The summed E-state index contributed by atoms with van der Waals surface area (Å²) in [4.78, 5) is 0. The minimum Gasteiger partial charge on any atom is -0.317 e. The number of unbranched alkanes of at least 4 members (excludes halogenated alkanes) is 1. The van der Waals surface area contributed by atoms with Crippen LogP contribution in [0.1, 0.15) is 40.0 Å². The van der Waals surface area contributed by atoms with E-state index in [1.807, 2.05) is 0 Å². The van der Waals surface area contributed by atoms with Crippen LogP contribution < -0.4 is 5.32 Å². The van der Waals surface area contributed by atoms with Gasteiger partial charge in [0.2, 0.25) is 10.0 Å². The van der Waals surface area contributed by atoms with Crippen LogP contribution >= 0.6 is 0 Å². The zero-order valence-corrected chi connectivity index (χ0v) is 12.8. The van der Waals surface area contributed by atoms with Gasteiger partial charge in [-0.25, -0.2) is 12.7 Å². The fraction of sp³-hybridized carbons (Fsp3) is 1.00. The summed E-state index contributed by atoms with van der Waals surface area (Å²) in [6.07, 6.45) is 2.72. The van der Waals surface area contributed by atoms with E-state index in [0.29, 0.717) is 17.6 Å². The molecule has 1 heterocycles. The van der Waals surface area contributed by atoms with Crippen LogP contribution in [0.4, 0.5) is 0 Å². The summed E-state index contributed by atoms with van der Waals surface area (Å²) in [7, 11) is -3.01. The van der Waals surface area contributed by atoms with Crippen LogP contribution in [0.25, 0.3) is 0 Å². The Balaban J connectivity index is 2.31. The van der Waals surface area contributed by atoms with E-state index >= 15 is 0 Å². The van der Waals surface area contributed by atoms with Crippen molar-refractivity contribution in [3.63, 3.8) is 0 Å². The van der Waals surface area contributed by atoms with Gasteiger partial charge in [0.25, 0.3) is 0 Å². The van der Waals surface area contributed by atoms with Crippen LogP contribution in [-0.4, -0.2) is 44.7 Å². The Bertz CT molecular complexity index is 328. The van der Waals surface area contributed by atoms with Crippen LogP contribution in [0, 0.1) is 11.8 Å². The topological polar surface area (TPSA) is 49.4 Å². The van der Waals surface area contributed by atoms with Crippen molar-refractivity contribution in [2.45, 2.75) is 40.0 Å². The first kappa shape index (κ1) is 15.9. The quantitative estimate of drug-likeness (QED) is 0.686. The maximum atomic E-state index is 12.1. The molecule has 0 aliphatic carbocycles. The molecule has 1 saturated heterocycles. The van der Waals surface area contributed by atoms with Crippen molar-refractivity contribution >= 4 is 10.0 Å². The van der Waals surface area contributed by atoms with E-state index in [1.54, 1.807) is 4.31 Å². The maximum Gasteiger partial charge on any atom is 0.214 e. The molecule has 1 N–H and O–H groups in total. The maximum absolute atomic E-state index is 12.1. The third-order valence-electron chi connectivity index (χ3n) is 3.78. The number of nitrogens with one attached hydrogen (secondary N) is 1. The minimum absolute atomic E-state index is 0.309. The van der Waals surface area contributed by atoms with Crippen molar-refractivity contribution in [3.05, 3.63) is 0 Å². The molecule has 18 heavy (non-hydrogen) atoms. The zero-order valence-electron chi connectivity index (χ0n) is 12.0. The molecule has 5 heteroatoms. The molecule has 108 valence electrons. The second-order valence-electron chi connectivity index (χ2n) is 5.53. The Morgan fingerprint density at radius 2 is 2.06 bits per heavy atom. The number of nitrogens with zero attached hydrogens (tertiary/aromatic N) is 1. The molecular formula is C13H28N2O2S. The van der Waals surface area contributed by atoms with Gasteiger partial charge in [-0.3, -0.25) is 0 Å². The molecule has 0 spiro atoms.